The summed E-state index contributed by atoms with van der Waals surface area (Å²) in [6.07, 6.45) is 10.1. The van der Waals surface area contributed by atoms with Gasteiger partial charge in [0.2, 0.25) is 0 Å². The fraction of sp³-hybridized carbons (Fsp3) is 0.333. The molecule has 0 aliphatic carbocycles. The lowest BCUT2D eigenvalue weighted by molar-refractivity contribution is -0.384. The fourth-order valence-corrected chi connectivity index (χ4v) is 10.00. The van der Waals surface area contributed by atoms with E-state index in [1.165, 1.54) is 50.4 Å². The van der Waals surface area contributed by atoms with E-state index in [1.807, 2.05) is 54.7 Å². The molecule has 0 fully saturated rings. The Morgan fingerprint density at radius 2 is 1.54 bits per heavy atom. The Balaban J connectivity index is 1.16. The number of benzene rings is 4. The van der Waals surface area contributed by atoms with Gasteiger partial charge in [0.1, 0.15) is 12.4 Å². The van der Waals surface area contributed by atoms with E-state index in [0.29, 0.717) is 6.61 Å². The standard InChI is InChI=1S/C48H56N2O4S2Si/c1-35-29-40(50(51)52)24-21-37(35)22-25-42-32-46-47(55-42)33-45(56-46)39-23-26-44(49(5)27-14-9-8-10-15-28-54-57(6,7)48(2,3)4)43(31-39)38-19-16-20-41(30-38)53-34-36-17-12-11-13-18-36/h11-13,16-26,29-33H,8-10,14-15,27-28,34H2,1-7H3/b25-22+. The first-order valence-electron chi connectivity index (χ1n) is 20.0. The number of nitro benzene ring substituents is 1. The molecular weight excluding hydrogens is 761 g/mol. The van der Waals surface area contributed by atoms with Gasteiger partial charge in [-0.3, -0.25) is 10.1 Å². The zero-order valence-electron chi connectivity index (χ0n) is 34.5. The summed E-state index contributed by atoms with van der Waals surface area (Å²) in [5.41, 5.74) is 7.88. The number of unbranched alkanes of at least 4 members (excludes halogenated alkanes) is 4. The van der Waals surface area contributed by atoms with Gasteiger partial charge in [0, 0.05) is 62.7 Å². The molecule has 0 N–H and O–H groups in total. The molecule has 6 nitrogen and oxygen atoms in total. The number of nitro groups is 1. The van der Waals surface area contributed by atoms with Crippen molar-refractivity contribution in [2.45, 2.75) is 84.5 Å². The number of thiophene rings is 2. The molecule has 298 valence electrons. The zero-order chi connectivity index (χ0) is 40.6. The monoisotopic (exact) mass is 816 g/mol. The highest BCUT2D eigenvalue weighted by Crippen LogP contribution is 2.42. The SMILES string of the molecule is Cc1cc([N+](=O)[O-])ccc1/C=C/c1cc2sc(-c3ccc(N(C)CCCCCCCO[Si](C)(C)C(C)(C)C)c(-c4cccc(OCc5ccccc5)c4)c3)cc2s1. The van der Waals surface area contributed by atoms with Crippen molar-refractivity contribution in [3.05, 3.63) is 135 Å². The van der Waals surface area contributed by atoms with Crippen LogP contribution in [0.25, 0.3) is 43.1 Å². The van der Waals surface area contributed by atoms with Crippen molar-refractivity contribution in [1.29, 1.82) is 0 Å². The molecule has 0 amide bonds. The summed E-state index contributed by atoms with van der Waals surface area (Å²) in [5, 5.41) is 11.4. The van der Waals surface area contributed by atoms with Crippen LogP contribution in [0.3, 0.4) is 0 Å². The Morgan fingerprint density at radius 1 is 0.789 bits per heavy atom. The molecule has 6 rings (SSSR count). The molecular formula is C48H56N2O4S2Si. The lowest BCUT2D eigenvalue weighted by Crippen LogP contribution is -2.40. The highest BCUT2D eigenvalue weighted by Gasteiger charge is 2.36. The van der Waals surface area contributed by atoms with Crippen LogP contribution >= 0.6 is 22.7 Å². The Labute approximate surface area is 348 Å². The number of nitrogens with zero attached hydrogens (tertiary/aromatic N) is 2. The quantitative estimate of drug-likeness (QED) is 0.0374. The summed E-state index contributed by atoms with van der Waals surface area (Å²) >= 11 is 3.58. The molecule has 0 atom stereocenters. The molecule has 0 aliphatic rings. The Kier molecular flexibility index (Phi) is 13.9. The summed E-state index contributed by atoms with van der Waals surface area (Å²) in [4.78, 5) is 15.6. The van der Waals surface area contributed by atoms with E-state index in [2.05, 4.69) is 113 Å². The molecule has 0 spiro atoms. The molecule has 0 bridgehead atoms. The van der Waals surface area contributed by atoms with E-state index in [1.54, 1.807) is 23.5 Å². The summed E-state index contributed by atoms with van der Waals surface area (Å²) < 4.78 is 15.2. The lowest BCUT2D eigenvalue weighted by atomic mass is 9.99. The maximum atomic E-state index is 11.2. The van der Waals surface area contributed by atoms with E-state index in [-0.39, 0.29) is 15.6 Å². The normalized spacial score (nSPS) is 12.1. The van der Waals surface area contributed by atoms with Crippen LogP contribution in [0.5, 0.6) is 5.75 Å². The summed E-state index contributed by atoms with van der Waals surface area (Å²) in [7, 11) is 0.544. The van der Waals surface area contributed by atoms with Crippen molar-refractivity contribution in [1.82, 2.24) is 0 Å². The van der Waals surface area contributed by atoms with Crippen LogP contribution < -0.4 is 9.64 Å². The first kappa shape index (κ1) is 42.1. The number of rotatable bonds is 18. The molecule has 57 heavy (non-hydrogen) atoms. The lowest BCUT2D eigenvalue weighted by Gasteiger charge is -2.36. The van der Waals surface area contributed by atoms with Gasteiger partial charge in [0.05, 0.1) is 4.92 Å². The zero-order valence-corrected chi connectivity index (χ0v) is 37.1. The Morgan fingerprint density at radius 3 is 2.28 bits per heavy atom. The van der Waals surface area contributed by atoms with Crippen LogP contribution in [0.2, 0.25) is 18.1 Å². The number of fused-ring (bicyclic) bond motifs is 1. The second kappa shape index (κ2) is 18.8. The van der Waals surface area contributed by atoms with Crippen LogP contribution in [-0.2, 0) is 11.0 Å². The van der Waals surface area contributed by atoms with Crippen molar-refractivity contribution in [3.63, 3.8) is 0 Å². The molecule has 0 radical (unpaired) electrons. The third-order valence-corrected chi connectivity index (χ3v) is 18.0. The number of anilines is 1. The predicted octanol–water partition coefficient (Wildman–Crippen LogP) is 14.7. The minimum atomic E-state index is -1.67. The average Bonchev–Trinajstić information content (AvgIpc) is 3.77. The van der Waals surface area contributed by atoms with E-state index < -0.39 is 8.32 Å². The van der Waals surface area contributed by atoms with Gasteiger partial charge in [-0.2, -0.15) is 0 Å². The van der Waals surface area contributed by atoms with Gasteiger partial charge in [-0.1, -0.05) is 94.6 Å². The van der Waals surface area contributed by atoms with Crippen LogP contribution in [0, 0.1) is 17.0 Å². The number of hydrogen-bond acceptors (Lipinski definition) is 7. The molecule has 9 heteroatoms. The molecule has 0 saturated heterocycles. The van der Waals surface area contributed by atoms with Gasteiger partial charge in [-0.15, -0.1) is 22.7 Å². The Hall–Kier alpha value is -4.54. The van der Waals surface area contributed by atoms with Crippen LogP contribution in [0.4, 0.5) is 11.4 Å². The average molecular weight is 817 g/mol. The van der Waals surface area contributed by atoms with Crippen LogP contribution in [0.15, 0.2) is 103 Å². The van der Waals surface area contributed by atoms with E-state index in [0.717, 1.165) is 58.9 Å². The highest BCUT2D eigenvalue weighted by atomic mass is 32.1. The minimum absolute atomic E-state index is 0.116. The van der Waals surface area contributed by atoms with Gasteiger partial charge in [-0.25, -0.2) is 0 Å². The van der Waals surface area contributed by atoms with E-state index in [4.69, 9.17) is 9.16 Å². The number of ether oxygens (including phenoxy) is 1. The molecule has 4 aromatic carbocycles. The van der Waals surface area contributed by atoms with Crippen molar-refractivity contribution in [2.24, 2.45) is 0 Å². The topological polar surface area (TPSA) is 64.8 Å². The fourth-order valence-electron chi connectivity index (χ4n) is 6.60. The molecule has 6 aromatic rings. The maximum Gasteiger partial charge on any atom is 0.269 e. The van der Waals surface area contributed by atoms with Crippen molar-refractivity contribution in [3.8, 4) is 27.3 Å². The van der Waals surface area contributed by atoms with Gasteiger partial charge in [0.25, 0.3) is 5.69 Å². The summed E-state index contributed by atoms with van der Waals surface area (Å²) in [6.45, 7) is 15.9. The minimum Gasteiger partial charge on any atom is -0.489 e. The molecule has 0 unspecified atom stereocenters. The van der Waals surface area contributed by atoms with Crippen molar-refractivity contribution < 1.29 is 14.1 Å². The number of non-ortho nitro benzene ring substituents is 1. The maximum absolute atomic E-state index is 11.2. The second-order valence-corrected chi connectivity index (χ2v) is 23.5. The van der Waals surface area contributed by atoms with Crippen LogP contribution in [0.1, 0.15) is 74.4 Å². The van der Waals surface area contributed by atoms with Gasteiger partial charge < -0.3 is 14.1 Å². The van der Waals surface area contributed by atoms with Gasteiger partial charge in [0.15, 0.2) is 8.32 Å². The van der Waals surface area contributed by atoms with Gasteiger partial charge in [-0.05, 0) is 114 Å². The second-order valence-electron chi connectivity index (χ2n) is 16.5. The first-order chi connectivity index (χ1) is 27.3. The summed E-state index contributed by atoms with van der Waals surface area (Å²) in [5.74, 6) is 0.856. The number of hydrogen-bond donors (Lipinski definition) is 0. The van der Waals surface area contributed by atoms with E-state index in [9.17, 15) is 10.1 Å². The van der Waals surface area contributed by atoms with Crippen molar-refractivity contribution in [2.75, 3.05) is 25.1 Å². The van der Waals surface area contributed by atoms with Crippen LogP contribution in [-0.4, -0.2) is 33.4 Å². The smallest absolute Gasteiger partial charge is 0.269 e. The largest absolute Gasteiger partial charge is 0.489 e. The number of aryl methyl sites for hydroxylation is 1. The van der Waals surface area contributed by atoms with E-state index >= 15 is 0 Å². The summed E-state index contributed by atoms with van der Waals surface area (Å²) in [6, 6.07) is 35.2. The van der Waals surface area contributed by atoms with Gasteiger partial charge >= 0.3 is 0 Å². The highest BCUT2D eigenvalue weighted by molar-refractivity contribution is 7.29. The molecule has 0 saturated carbocycles. The Bertz CT molecular complexity index is 2270. The third kappa shape index (κ3) is 11.1. The first-order valence-corrected chi connectivity index (χ1v) is 24.5. The molecule has 2 aromatic heterocycles. The van der Waals surface area contributed by atoms with Crippen molar-refractivity contribution >= 4 is 63.9 Å². The molecule has 0 aliphatic heterocycles. The predicted molar refractivity (Wildman–Crippen MR) is 248 cm³/mol. The third-order valence-electron chi connectivity index (χ3n) is 11.1. The molecule has 2 heterocycles.